The summed E-state index contributed by atoms with van der Waals surface area (Å²) in [4.78, 5) is 12.4. The standard InChI is InChI=1S/C18H18N2O2/c1-20-11-5-10-16(20)17(21)12-19-18(22)15-9-4-7-13-6-2-3-8-14(13)15/h2-11,17,21H,12H2,1H3,(H,19,22)/t17-/m1/s1. The predicted octanol–water partition coefficient (Wildman–Crippen LogP) is 2.64. The van der Waals surface area contributed by atoms with E-state index in [0.29, 0.717) is 5.56 Å². The van der Waals surface area contributed by atoms with Gasteiger partial charge >= 0.3 is 0 Å². The molecular formula is C18H18N2O2. The number of hydrogen-bond donors (Lipinski definition) is 2. The molecule has 2 aromatic carbocycles. The van der Waals surface area contributed by atoms with E-state index in [1.807, 2.05) is 66.3 Å². The van der Waals surface area contributed by atoms with Crippen molar-refractivity contribution in [3.63, 3.8) is 0 Å². The lowest BCUT2D eigenvalue weighted by Crippen LogP contribution is -2.29. The normalized spacial score (nSPS) is 12.3. The zero-order valence-electron chi connectivity index (χ0n) is 12.4. The van der Waals surface area contributed by atoms with Gasteiger partial charge in [-0.05, 0) is 29.0 Å². The lowest BCUT2D eigenvalue weighted by atomic mass is 10.0. The quantitative estimate of drug-likeness (QED) is 0.777. The van der Waals surface area contributed by atoms with E-state index < -0.39 is 6.10 Å². The van der Waals surface area contributed by atoms with Crippen molar-refractivity contribution in [3.05, 3.63) is 72.1 Å². The Morgan fingerprint density at radius 1 is 1.14 bits per heavy atom. The van der Waals surface area contributed by atoms with Crippen LogP contribution in [0.15, 0.2) is 60.8 Å². The van der Waals surface area contributed by atoms with Crippen molar-refractivity contribution in [3.8, 4) is 0 Å². The van der Waals surface area contributed by atoms with E-state index in [-0.39, 0.29) is 12.5 Å². The highest BCUT2D eigenvalue weighted by Crippen LogP contribution is 2.18. The molecule has 3 rings (SSSR count). The van der Waals surface area contributed by atoms with Gasteiger partial charge in [0.05, 0.1) is 0 Å². The first-order valence-electron chi connectivity index (χ1n) is 7.22. The number of aliphatic hydroxyl groups is 1. The van der Waals surface area contributed by atoms with Gasteiger partial charge in [0.1, 0.15) is 6.10 Å². The van der Waals surface area contributed by atoms with Crippen LogP contribution in [0.2, 0.25) is 0 Å². The van der Waals surface area contributed by atoms with Crippen LogP contribution in [0.5, 0.6) is 0 Å². The summed E-state index contributed by atoms with van der Waals surface area (Å²) in [6.45, 7) is 0.180. The van der Waals surface area contributed by atoms with E-state index in [0.717, 1.165) is 16.5 Å². The second-order valence-corrected chi connectivity index (χ2v) is 5.30. The summed E-state index contributed by atoms with van der Waals surface area (Å²) in [6.07, 6.45) is 1.14. The molecule has 0 saturated heterocycles. The number of benzene rings is 2. The average molecular weight is 294 g/mol. The smallest absolute Gasteiger partial charge is 0.252 e. The van der Waals surface area contributed by atoms with Crippen LogP contribution < -0.4 is 5.32 Å². The maximum absolute atomic E-state index is 12.4. The average Bonchev–Trinajstić information content (AvgIpc) is 2.98. The van der Waals surface area contributed by atoms with Crippen LogP contribution >= 0.6 is 0 Å². The summed E-state index contributed by atoms with van der Waals surface area (Å²) in [6, 6.07) is 17.1. The Morgan fingerprint density at radius 2 is 1.91 bits per heavy atom. The van der Waals surface area contributed by atoms with Crippen molar-refractivity contribution in [2.75, 3.05) is 6.54 Å². The Balaban J connectivity index is 1.75. The van der Waals surface area contributed by atoms with E-state index >= 15 is 0 Å². The fourth-order valence-electron chi connectivity index (χ4n) is 2.63. The van der Waals surface area contributed by atoms with Gasteiger partial charge in [-0.25, -0.2) is 0 Å². The summed E-state index contributed by atoms with van der Waals surface area (Å²) in [5.41, 5.74) is 1.40. The van der Waals surface area contributed by atoms with E-state index in [1.54, 1.807) is 6.07 Å². The highest BCUT2D eigenvalue weighted by atomic mass is 16.3. The Kier molecular flexibility index (Phi) is 3.94. The first kappa shape index (κ1) is 14.4. The van der Waals surface area contributed by atoms with Gasteiger partial charge in [-0.3, -0.25) is 4.79 Å². The van der Waals surface area contributed by atoms with E-state index in [4.69, 9.17) is 0 Å². The Bertz CT molecular complexity index is 802. The molecule has 22 heavy (non-hydrogen) atoms. The van der Waals surface area contributed by atoms with Gasteiger partial charge in [0.15, 0.2) is 0 Å². The number of amides is 1. The topological polar surface area (TPSA) is 54.3 Å². The molecule has 0 unspecified atom stereocenters. The van der Waals surface area contributed by atoms with Crippen molar-refractivity contribution in [1.29, 1.82) is 0 Å². The lowest BCUT2D eigenvalue weighted by Gasteiger charge is -2.14. The first-order valence-corrected chi connectivity index (χ1v) is 7.22. The number of fused-ring (bicyclic) bond motifs is 1. The largest absolute Gasteiger partial charge is 0.385 e. The van der Waals surface area contributed by atoms with Crippen molar-refractivity contribution >= 4 is 16.7 Å². The zero-order valence-corrected chi connectivity index (χ0v) is 12.4. The second-order valence-electron chi connectivity index (χ2n) is 5.30. The van der Waals surface area contributed by atoms with E-state index in [1.165, 1.54) is 0 Å². The van der Waals surface area contributed by atoms with Crippen molar-refractivity contribution in [2.24, 2.45) is 7.05 Å². The Morgan fingerprint density at radius 3 is 2.68 bits per heavy atom. The van der Waals surface area contributed by atoms with Crippen LogP contribution in [-0.4, -0.2) is 22.1 Å². The number of carbonyl (C=O) groups excluding carboxylic acids is 1. The predicted molar refractivity (Wildman–Crippen MR) is 86.7 cm³/mol. The van der Waals surface area contributed by atoms with Crippen molar-refractivity contribution in [2.45, 2.75) is 6.10 Å². The molecule has 0 aliphatic carbocycles. The maximum atomic E-state index is 12.4. The monoisotopic (exact) mass is 294 g/mol. The molecule has 0 spiro atoms. The second kappa shape index (κ2) is 6.03. The first-order chi connectivity index (χ1) is 10.7. The summed E-state index contributed by atoms with van der Waals surface area (Å²) in [5.74, 6) is -0.176. The molecule has 112 valence electrons. The third kappa shape index (κ3) is 2.73. The molecule has 1 atom stereocenters. The van der Waals surface area contributed by atoms with Crippen LogP contribution in [-0.2, 0) is 7.05 Å². The minimum absolute atomic E-state index is 0.176. The van der Waals surface area contributed by atoms with Gasteiger partial charge in [-0.2, -0.15) is 0 Å². The van der Waals surface area contributed by atoms with Gasteiger partial charge < -0.3 is 15.0 Å². The maximum Gasteiger partial charge on any atom is 0.252 e. The van der Waals surface area contributed by atoms with Crippen LogP contribution in [0.25, 0.3) is 10.8 Å². The molecule has 4 heteroatoms. The number of aryl methyl sites for hydroxylation is 1. The third-order valence-electron chi connectivity index (χ3n) is 3.82. The minimum atomic E-state index is -0.723. The van der Waals surface area contributed by atoms with E-state index in [9.17, 15) is 9.90 Å². The minimum Gasteiger partial charge on any atom is -0.385 e. The Hall–Kier alpha value is -2.59. The van der Waals surface area contributed by atoms with Gasteiger partial charge in [-0.15, -0.1) is 0 Å². The summed E-state index contributed by atoms with van der Waals surface area (Å²) in [5, 5.41) is 14.9. The number of nitrogens with one attached hydrogen (secondary N) is 1. The van der Waals surface area contributed by atoms with Gasteiger partial charge in [0.25, 0.3) is 5.91 Å². The molecule has 1 amide bonds. The molecular weight excluding hydrogens is 276 g/mol. The fourth-order valence-corrected chi connectivity index (χ4v) is 2.63. The van der Waals surface area contributed by atoms with Crippen LogP contribution in [0, 0.1) is 0 Å². The Labute approximate surface area is 129 Å². The number of rotatable bonds is 4. The molecule has 0 aliphatic rings. The highest BCUT2D eigenvalue weighted by Gasteiger charge is 2.14. The SMILES string of the molecule is Cn1cccc1[C@H](O)CNC(=O)c1cccc2ccccc12. The van der Waals surface area contributed by atoms with Gasteiger partial charge in [0, 0.05) is 31.0 Å². The van der Waals surface area contributed by atoms with Crippen LogP contribution in [0.1, 0.15) is 22.2 Å². The molecule has 2 N–H and O–H groups in total. The lowest BCUT2D eigenvalue weighted by molar-refractivity contribution is 0.0914. The molecule has 3 aromatic rings. The molecule has 0 bridgehead atoms. The molecule has 0 fully saturated rings. The van der Waals surface area contributed by atoms with Gasteiger partial charge in [-0.1, -0.05) is 36.4 Å². The number of nitrogens with zero attached hydrogens (tertiary/aromatic N) is 1. The summed E-state index contributed by atoms with van der Waals surface area (Å²) in [7, 11) is 1.87. The number of carbonyl (C=O) groups is 1. The van der Waals surface area contributed by atoms with Gasteiger partial charge in [0.2, 0.25) is 0 Å². The number of hydrogen-bond acceptors (Lipinski definition) is 2. The number of aromatic nitrogens is 1. The third-order valence-corrected chi connectivity index (χ3v) is 3.82. The molecule has 1 heterocycles. The van der Waals surface area contributed by atoms with Crippen LogP contribution in [0.4, 0.5) is 0 Å². The van der Waals surface area contributed by atoms with Crippen molar-refractivity contribution in [1.82, 2.24) is 9.88 Å². The molecule has 4 nitrogen and oxygen atoms in total. The highest BCUT2D eigenvalue weighted by molar-refractivity contribution is 6.06. The summed E-state index contributed by atoms with van der Waals surface area (Å²) >= 11 is 0. The van der Waals surface area contributed by atoms with Crippen molar-refractivity contribution < 1.29 is 9.90 Å². The fraction of sp³-hybridized carbons (Fsp3) is 0.167. The van der Waals surface area contributed by atoms with E-state index in [2.05, 4.69) is 5.32 Å². The molecule has 1 aromatic heterocycles. The molecule has 0 saturated carbocycles. The number of aliphatic hydroxyl groups excluding tert-OH is 1. The molecule has 0 radical (unpaired) electrons. The summed E-state index contributed by atoms with van der Waals surface area (Å²) < 4.78 is 1.84. The zero-order chi connectivity index (χ0) is 15.5. The molecule has 0 aliphatic heterocycles. The van der Waals surface area contributed by atoms with Crippen LogP contribution in [0.3, 0.4) is 0 Å².